The minimum absolute atomic E-state index is 0.0240. The third-order valence-corrected chi connectivity index (χ3v) is 16.9. The monoisotopic (exact) mass is 1010 g/mol. The number of aromatic amines is 1. The number of carbonyl (C=O) groups excluding carboxylic acids is 5. The zero-order valence-corrected chi connectivity index (χ0v) is 45.1. The molecule has 0 radical (unpaired) electrons. The van der Waals surface area contributed by atoms with E-state index in [1.807, 2.05) is 51.9 Å². The van der Waals surface area contributed by atoms with Crippen LogP contribution in [0.5, 0.6) is 0 Å². The van der Waals surface area contributed by atoms with E-state index in [9.17, 15) is 24.0 Å². The van der Waals surface area contributed by atoms with E-state index >= 15 is 4.39 Å². The fourth-order valence-corrected chi connectivity index (χ4v) is 11.9. The summed E-state index contributed by atoms with van der Waals surface area (Å²) >= 11 is 0. The molecule has 6 bridgehead atoms. The molecule has 4 atom stereocenters. The summed E-state index contributed by atoms with van der Waals surface area (Å²) in [4.78, 5) is 87.6. The summed E-state index contributed by atoms with van der Waals surface area (Å²) in [7, 11) is 3.58. The Morgan fingerprint density at radius 3 is 2.49 bits per heavy atom. The number of carbonyl (C=O) groups is 5. The number of likely N-dealkylation sites (N-methyl/N-ethyl adjacent to an activating group) is 1. The van der Waals surface area contributed by atoms with Gasteiger partial charge >= 0.3 is 5.97 Å². The first-order valence-corrected chi connectivity index (χ1v) is 27.0. The second-order valence-electron chi connectivity index (χ2n) is 21.3. The standard InChI is InChI=1S/C52H72FN11O7Si/c1-13-63-39-19-18-34-28-36(39)37(44(63)35-16-14-24-54-42(35)33(4)70-12)29-50(5,6)31-71-47(67)38-17-15-25-64(58-38)49(69)72(30-40-55-45(34)57-56-40)59-46(66)43(32(2)3)61(11)48(68)52(53)22-26-62(27-23-52)41(65)20-21-51(7,8)60(9)10/h14,16,18-19,24,28,32-33,38,43,58,72H,13,15,17,22-23,25-27,29-31H2,1-12H3,(H,59,66)(H,55,56,57)/t33-,38-,43-,72-/m0/s1. The number of piperidine rings is 1. The topological polar surface area (TPSA) is 200 Å². The molecule has 3 aromatic heterocycles. The molecule has 0 unspecified atom stereocenters. The average Bonchev–Trinajstić information content (AvgIpc) is 3.95. The molecule has 4 amide bonds. The van der Waals surface area contributed by atoms with E-state index in [1.54, 1.807) is 27.2 Å². The van der Waals surface area contributed by atoms with Gasteiger partial charge in [0.1, 0.15) is 17.9 Å². The molecule has 1 aromatic carbocycles. The molecule has 18 nitrogen and oxygen atoms in total. The van der Waals surface area contributed by atoms with E-state index in [1.165, 1.54) is 17.0 Å². The summed E-state index contributed by atoms with van der Waals surface area (Å²) in [6, 6.07) is 8.07. The number of esters is 1. The van der Waals surface area contributed by atoms with Crippen LogP contribution in [0.2, 0.25) is 0 Å². The quantitative estimate of drug-likeness (QED) is 0.108. The number of nitrogens with zero attached hydrogens (tertiary/aromatic N) is 8. The number of ether oxygens (including phenoxy) is 2. The number of H-pyrrole nitrogens is 1. The van der Waals surface area contributed by atoms with Crippen LogP contribution in [-0.2, 0) is 47.7 Å². The smallest absolute Gasteiger partial charge is 0.324 e. The SMILES string of the molecule is CCn1c(-c2cccnc2[C@H](C)OC)c2c3cc(ccc31)-c1nc(n[nH]1)C[Si@H](NC(=O)[C@H](C(C)C)N(C)C(=O)C1(F)CCN(C(=O)C#CC(C)(C)N(C)C)CC1)C(=O)N1CCC[C@H](N1)C(=O)OCC(C)(C)C2. The number of nitrogens with one attached hydrogen (secondary N) is 3. The zero-order chi connectivity index (χ0) is 52.4. The molecule has 3 aliphatic rings. The first-order valence-electron chi connectivity index (χ1n) is 25.0. The van der Waals surface area contributed by atoms with Crippen LogP contribution >= 0.6 is 0 Å². The van der Waals surface area contributed by atoms with Crippen molar-refractivity contribution in [1.82, 2.24) is 54.8 Å². The van der Waals surface area contributed by atoms with Gasteiger partial charge in [-0.3, -0.25) is 44.0 Å². The summed E-state index contributed by atoms with van der Waals surface area (Å²) in [6.07, 6.45) is 2.39. The lowest BCUT2D eigenvalue weighted by atomic mass is 9.84. The van der Waals surface area contributed by atoms with E-state index < -0.39 is 72.8 Å². The van der Waals surface area contributed by atoms with Crippen molar-refractivity contribution in [2.24, 2.45) is 11.3 Å². The maximum Gasteiger partial charge on any atom is 0.324 e. The molecule has 4 aromatic rings. The molecule has 3 aliphatic heterocycles. The molecule has 7 rings (SSSR count). The molecule has 0 saturated carbocycles. The molecule has 72 heavy (non-hydrogen) atoms. The highest BCUT2D eigenvalue weighted by molar-refractivity contribution is 6.88. The number of aryl methyl sites for hydroxylation is 1. The van der Waals surface area contributed by atoms with Crippen LogP contribution in [0.3, 0.4) is 0 Å². The number of rotatable bonds is 10. The predicted octanol–water partition coefficient (Wildman–Crippen LogP) is 5.09. The molecule has 2 saturated heterocycles. The third-order valence-electron chi connectivity index (χ3n) is 14.6. The lowest BCUT2D eigenvalue weighted by molar-refractivity contribution is -0.153. The van der Waals surface area contributed by atoms with Gasteiger partial charge in [-0.25, -0.2) is 14.8 Å². The van der Waals surface area contributed by atoms with Crippen LogP contribution < -0.4 is 10.4 Å². The van der Waals surface area contributed by atoms with Gasteiger partial charge in [0, 0.05) is 92.9 Å². The van der Waals surface area contributed by atoms with E-state index in [-0.39, 0.29) is 57.1 Å². The number of hydrogen-bond acceptors (Lipinski definition) is 12. The van der Waals surface area contributed by atoms with Gasteiger partial charge in [0.2, 0.25) is 11.4 Å². The number of cyclic esters (lactones) is 1. The fourth-order valence-electron chi connectivity index (χ4n) is 9.84. The second kappa shape index (κ2) is 21.6. The lowest BCUT2D eigenvalue weighted by Crippen LogP contribution is -2.64. The largest absolute Gasteiger partial charge is 0.464 e. The number of alkyl halides is 1. The Morgan fingerprint density at radius 2 is 1.82 bits per heavy atom. The molecular formula is C52H72FN11O7Si. The molecule has 6 heterocycles. The predicted molar refractivity (Wildman–Crippen MR) is 274 cm³/mol. The highest BCUT2D eigenvalue weighted by atomic mass is 28.3. The molecule has 2 fully saturated rings. The Balaban J connectivity index is 1.20. The van der Waals surface area contributed by atoms with Crippen molar-refractivity contribution in [3.8, 4) is 34.5 Å². The van der Waals surface area contributed by atoms with Crippen molar-refractivity contribution in [1.29, 1.82) is 0 Å². The number of aromatic nitrogens is 5. The third kappa shape index (κ3) is 11.3. The molecule has 3 N–H and O–H groups in total. The van der Waals surface area contributed by atoms with Crippen molar-refractivity contribution in [3.63, 3.8) is 0 Å². The Bertz CT molecular complexity index is 2750. The lowest BCUT2D eigenvalue weighted by Gasteiger charge is -2.40. The van der Waals surface area contributed by atoms with Crippen molar-refractivity contribution in [2.75, 3.05) is 54.5 Å². The summed E-state index contributed by atoms with van der Waals surface area (Å²) in [5.74, 6) is 3.46. The van der Waals surface area contributed by atoms with Gasteiger partial charge in [0.25, 0.3) is 20.8 Å². The molecule has 0 aliphatic carbocycles. The zero-order valence-electron chi connectivity index (χ0n) is 43.9. The van der Waals surface area contributed by atoms with E-state index in [0.717, 1.165) is 43.9 Å². The Labute approximate surface area is 423 Å². The Hall–Kier alpha value is -6.01. The van der Waals surface area contributed by atoms with E-state index in [2.05, 4.69) is 76.0 Å². The minimum atomic E-state index is -3.21. The maximum absolute atomic E-state index is 16.7. The summed E-state index contributed by atoms with van der Waals surface area (Å²) < 4.78 is 30.9. The summed E-state index contributed by atoms with van der Waals surface area (Å²) in [5, 5.41) is 10.0. The van der Waals surface area contributed by atoms with E-state index in [4.69, 9.17) is 19.4 Å². The van der Waals surface area contributed by atoms with Crippen molar-refractivity contribution < 1.29 is 37.8 Å². The number of fused-ring (bicyclic) bond motifs is 6. The van der Waals surface area contributed by atoms with Crippen LogP contribution in [-0.4, -0.2) is 160 Å². The van der Waals surface area contributed by atoms with Gasteiger partial charge in [0.05, 0.1) is 29.6 Å². The van der Waals surface area contributed by atoms with Crippen molar-refractivity contribution in [2.45, 2.75) is 129 Å². The van der Waals surface area contributed by atoms with Gasteiger partial charge in [-0.15, -0.1) is 0 Å². The first kappa shape index (κ1) is 53.8. The number of halogens is 1. The van der Waals surface area contributed by atoms with Gasteiger partial charge in [-0.2, -0.15) is 5.10 Å². The van der Waals surface area contributed by atoms with Gasteiger partial charge in [-0.05, 0) is 109 Å². The first-order chi connectivity index (χ1) is 34.0. The number of likely N-dealkylation sites (tertiary alicyclic amines) is 1. The number of benzene rings is 1. The van der Waals surface area contributed by atoms with Gasteiger partial charge < -0.3 is 28.8 Å². The molecule has 20 heteroatoms. The highest BCUT2D eigenvalue weighted by Gasteiger charge is 2.47. The summed E-state index contributed by atoms with van der Waals surface area (Å²) in [6.45, 7) is 16.4. The Kier molecular flexibility index (Phi) is 16.1. The number of hydrogen-bond donors (Lipinski definition) is 3. The van der Waals surface area contributed by atoms with E-state index in [0.29, 0.717) is 31.6 Å². The van der Waals surface area contributed by atoms with Gasteiger partial charge in [0.15, 0.2) is 11.5 Å². The molecule has 0 spiro atoms. The number of hydrazine groups is 1. The normalized spacial score (nSPS) is 20.3. The van der Waals surface area contributed by atoms with Crippen LogP contribution in [0.4, 0.5) is 9.18 Å². The average molecular weight is 1010 g/mol. The van der Waals surface area contributed by atoms with Crippen LogP contribution in [0, 0.1) is 23.2 Å². The number of pyridine rings is 1. The minimum Gasteiger partial charge on any atom is -0.464 e. The van der Waals surface area contributed by atoms with Crippen LogP contribution in [0.15, 0.2) is 36.5 Å². The second-order valence-corrected chi connectivity index (χ2v) is 23.6. The molecule has 388 valence electrons. The molecular weight excluding hydrogens is 938 g/mol. The highest BCUT2D eigenvalue weighted by Crippen LogP contribution is 2.42. The van der Waals surface area contributed by atoms with Gasteiger partial charge in [-0.1, -0.05) is 33.6 Å². The van der Waals surface area contributed by atoms with Crippen molar-refractivity contribution >= 4 is 49.1 Å². The number of amides is 4. The summed E-state index contributed by atoms with van der Waals surface area (Å²) in [5.41, 5.74) is 4.75. The van der Waals surface area contributed by atoms with Crippen molar-refractivity contribution in [3.05, 3.63) is 53.6 Å². The Morgan fingerprint density at radius 1 is 1.10 bits per heavy atom. The maximum atomic E-state index is 16.7. The fraction of sp³-hybridized carbons (Fsp3) is 0.577. The van der Waals surface area contributed by atoms with Crippen LogP contribution in [0.1, 0.15) is 104 Å². The van der Waals surface area contributed by atoms with Crippen LogP contribution in [0.25, 0.3) is 33.5 Å². The number of methoxy groups -OCH3 is 1.